The molecule has 1 rings (SSSR count). The fourth-order valence-electron chi connectivity index (χ4n) is 0.751. The molecule has 0 aliphatic carbocycles. The molecular weight excluding hydrogens is 164 g/mol. The summed E-state index contributed by atoms with van der Waals surface area (Å²) in [6, 6.07) is 3.86. The lowest BCUT2D eigenvalue weighted by molar-refractivity contribution is 0.522. The van der Waals surface area contributed by atoms with Crippen molar-refractivity contribution in [3.63, 3.8) is 0 Å². The molecule has 0 N–H and O–H groups in total. The van der Waals surface area contributed by atoms with Crippen LogP contribution in [-0.2, 0) is 0 Å². The van der Waals surface area contributed by atoms with Crippen molar-refractivity contribution in [2.45, 2.75) is 26.6 Å². The van der Waals surface area contributed by atoms with Crippen molar-refractivity contribution in [2.24, 2.45) is 0 Å². The van der Waals surface area contributed by atoms with Gasteiger partial charge in [-0.25, -0.2) is 0 Å². The predicted molar refractivity (Wildman–Crippen MR) is 53.7 cm³/mol. The van der Waals surface area contributed by atoms with Gasteiger partial charge in [0.25, 0.3) is 0 Å². The normalized spacial score (nSPS) is 10.7. The average molecular weight is 178 g/mol. The molecule has 2 heteroatoms. The van der Waals surface area contributed by atoms with Crippen LogP contribution in [0.15, 0.2) is 16.5 Å². The standard InChI is InChI=1S/C10H14OSi/c1-9-5-6-10(11-9)7-8-12(2,3)4/h5-6H,1-4H3. The van der Waals surface area contributed by atoms with Gasteiger partial charge >= 0.3 is 0 Å². The van der Waals surface area contributed by atoms with Gasteiger partial charge in [-0.1, -0.05) is 19.6 Å². The van der Waals surface area contributed by atoms with E-state index in [2.05, 4.69) is 31.1 Å². The first-order chi connectivity index (χ1) is 5.47. The third-order valence-corrected chi connectivity index (χ3v) is 2.18. The Morgan fingerprint density at radius 3 is 2.33 bits per heavy atom. The van der Waals surface area contributed by atoms with E-state index in [9.17, 15) is 0 Å². The van der Waals surface area contributed by atoms with Crippen LogP contribution in [0.4, 0.5) is 0 Å². The maximum atomic E-state index is 5.33. The van der Waals surface area contributed by atoms with E-state index in [0.29, 0.717) is 0 Å². The quantitative estimate of drug-likeness (QED) is 0.440. The maximum absolute atomic E-state index is 5.33. The molecule has 1 heterocycles. The Morgan fingerprint density at radius 1 is 1.25 bits per heavy atom. The number of furan rings is 1. The summed E-state index contributed by atoms with van der Waals surface area (Å²) in [7, 11) is -1.25. The van der Waals surface area contributed by atoms with Gasteiger partial charge in [0.2, 0.25) is 0 Å². The Kier molecular flexibility index (Phi) is 2.44. The SMILES string of the molecule is Cc1ccc(C#C[Si](C)(C)C)o1. The van der Waals surface area contributed by atoms with Gasteiger partial charge in [-0.3, -0.25) is 0 Å². The minimum atomic E-state index is -1.25. The molecule has 0 atom stereocenters. The summed E-state index contributed by atoms with van der Waals surface area (Å²) in [5.74, 6) is 4.76. The predicted octanol–water partition coefficient (Wildman–Crippen LogP) is 2.82. The first-order valence-corrected chi connectivity index (χ1v) is 7.57. The molecule has 12 heavy (non-hydrogen) atoms. The number of aryl methyl sites for hydroxylation is 1. The molecule has 0 saturated carbocycles. The minimum Gasteiger partial charge on any atom is -0.453 e. The second-order valence-corrected chi connectivity index (χ2v) is 8.66. The summed E-state index contributed by atoms with van der Waals surface area (Å²) in [5, 5.41) is 0. The third-order valence-electron chi connectivity index (χ3n) is 1.30. The fraction of sp³-hybridized carbons (Fsp3) is 0.400. The van der Waals surface area contributed by atoms with E-state index >= 15 is 0 Å². The highest BCUT2D eigenvalue weighted by Crippen LogP contribution is 2.05. The van der Waals surface area contributed by atoms with Crippen LogP contribution in [0.5, 0.6) is 0 Å². The van der Waals surface area contributed by atoms with Crippen LogP contribution < -0.4 is 0 Å². The molecule has 1 nitrogen and oxygen atoms in total. The van der Waals surface area contributed by atoms with Crippen molar-refractivity contribution in [2.75, 3.05) is 0 Å². The highest BCUT2D eigenvalue weighted by atomic mass is 28.3. The van der Waals surface area contributed by atoms with Gasteiger partial charge in [0.1, 0.15) is 13.8 Å². The molecule has 0 fully saturated rings. The molecule has 0 unspecified atom stereocenters. The molecule has 0 spiro atoms. The van der Waals surface area contributed by atoms with Gasteiger partial charge in [0.15, 0.2) is 5.76 Å². The highest BCUT2D eigenvalue weighted by Gasteiger charge is 2.07. The van der Waals surface area contributed by atoms with Crippen molar-refractivity contribution in [3.05, 3.63) is 23.7 Å². The molecule has 0 radical (unpaired) electrons. The number of hydrogen-bond donors (Lipinski definition) is 0. The summed E-state index contributed by atoms with van der Waals surface area (Å²) in [4.78, 5) is 0. The first-order valence-electron chi connectivity index (χ1n) is 4.07. The van der Waals surface area contributed by atoms with Crippen LogP contribution in [-0.4, -0.2) is 8.07 Å². The maximum Gasteiger partial charge on any atom is 0.176 e. The number of hydrogen-bond acceptors (Lipinski definition) is 1. The molecule has 0 amide bonds. The van der Waals surface area contributed by atoms with Crippen LogP contribution in [0.3, 0.4) is 0 Å². The van der Waals surface area contributed by atoms with E-state index in [1.54, 1.807) is 0 Å². The largest absolute Gasteiger partial charge is 0.453 e. The lowest BCUT2D eigenvalue weighted by atomic mass is 10.4. The molecule has 1 aromatic rings. The summed E-state index contributed by atoms with van der Waals surface area (Å²) < 4.78 is 5.33. The minimum absolute atomic E-state index is 0.787. The molecule has 64 valence electrons. The summed E-state index contributed by atoms with van der Waals surface area (Å²) in [5.41, 5.74) is 3.25. The van der Waals surface area contributed by atoms with Gasteiger partial charge in [-0.05, 0) is 25.0 Å². The molecule has 1 aromatic heterocycles. The van der Waals surface area contributed by atoms with Crippen molar-refractivity contribution in [3.8, 4) is 11.5 Å². The molecule has 0 aliphatic rings. The van der Waals surface area contributed by atoms with E-state index in [1.807, 2.05) is 19.1 Å². The topological polar surface area (TPSA) is 13.1 Å². The first kappa shape index (κ1) is 9.15. The van der Waals surface area contributed by atoms with E-state index in [-0.39, 0.29) is 0 Å². The van der Waals surface area contributed by atoms with Gasteiger partial charge in [0, 0.05) is 0 Å². The van der Waals surface area contributed by atoms with Crippen LogP contribution in [0.2, 0.25) is 19.6 Å². The lowest BCUT2D eigenvalue weighted by Crippen LogP contribution is -2.16. The molecular formula is C10H14OSi. The van der Waals surface area contributed by atoms with Crippen molar-refractivity contribution >= 4 is 8.07 Å². The summed E-state index contributed by atoms with van der Waals surface area (Å²) >= 11 is 0. The van der Waals surface area contributed by atoms with E-state index in [1.165, 1.54) is 0 Å². The van der Waals surface area contributed by atoms with Crippen LogP contribution in [0.1, 0.15) is 11.5 Å². The molecule has 0 aromatic carbocycles. The fourth-order valence-corrected chi connectivity index (χ4v) is 1.25. The Morgan fingerprint density at radius 2 is 1.92 bits per heavy atom. The van der Waals surface area contributed by atoms with Crippen LogP contribution in [0, 0.1) is 18.4 Å². The van der Waals surface area contributed by atoms with Gasteiger partial charge in [-0.2, -0.15) is 0 Å². The molecule has 0 bridgehead atoms. The van der Waals surface area contributed by atoms with Gasteiger partial charge < -0.3 is 4.42 Å². The zero-order valence-electron chi connectivity index (χ0n) is 8.06. The Bertz CT molecular complexity index is 320. The zero-order valence-corrected chi connectivity index (χ0v) is 9.06. The average Bonchev–Trinajstić information content (AvgIpc) is 2.30. The molecule has 0 aliphatic heterocycles. The Balaban J connectivity index is 2.80. The molecule has 0 saturated heterocycles. The van der Waals surface area contributed by atoms with Crippen molar-refractivity contribution < 1.29 is 4.42 Å². The Hall–Kier alpha value is -0.943. The van der Waals surface area contributed by atoms with Crippen LogP contribution in [0.25, 0.3) is 0 Å². The van der Waals surface area contributed by atoms with E-state index in [0.717, 1.165) is 11.5 Å². The lowest BCUT2D eigenvalue weighted by Gasteiger charge is -2.02. The second kappa shape index (κ2) is 3.20. The van der Waals surface area contributed by atoms with Crippen molar-refractivity contribution in [1.29, 1.82) is 0 Å². The summed E-state index contributed by atoms with van der Waals surface area (Å²) in [6.45, 7) is 8.58. The Labute approximate surface area is 74.8 Å². The smallest absolute Gasteiger partial charge is 0.176 e. The highest BCUT2D eigenvalue weighted by molar-refractivity contribution is 6.83. The monoisotopic (exact) mass is 178 g/mol. The van der Waals surface area contributed by atoms with Gasteiger partial charge in [-0.15, -0.1) is 5.54 Å². The van der Waals surface area contributed by atoms with E-state index < -0.39 is 8.07 Å². The van der Waals surface area contributed by atoms with E-state index in [4.69, 9.17) is 4.42 Å². The summed E-state index contributed by atoms with van der Waals surface area (Å²) in [6.07, 6.45) is 0. The number of rotatable bonds is 0. The van der Waals surface area contributed by atoms with Gasteiger partial charge in [0.05, 0.1) is 0 Å². The van der Waals surface area contributed by atoms with Crippen LogP contribution >= 0.6 is 0 Å². The second-order valence-electron chi connectivity index (χ2n) is 3.91. The zero-order chi connectivity index (χ0) is 9.19. The third kappa shape index (κ3) is 2.98. The van der Waals surface area contributed by atoms with Crippen molar-refractivity contribution in [1.82, 2.24) is 0 Å².